The fourth-order valence-corrected chi connectivity index (χ4v) is 4.95. The van der Waals surface area contributed by atoms with Crippen LogP contribution in [0.25, 0.3) is 11.1 Å². The molecule has 2 fully saturated rings. The third-order valence-electron chi connectivity index (χ3n) is 6.98. The molecule has 0 aliphatic carbocycles. The van der Waals surface area contributed by atoms with Gasteiger partial charge in [-0.2, -0.15) is 5.10 Å². The molecule has 5 rings (SSSR count). The van der Waals surface area contributed by atoms with E-state index in [0.29, 0.717) is 43.4 Å². The summed E-state index contributed by atoms with van der Waals surface area (Å²) in [6, 6.07) is 13.5. The lowest BCUT2D eigenvalue weighted by atomic mass is 10.0. The van der Waals surface area contributed by atoms with Crippen LogP contribution in [0.3, 0.4) is 0 Å². The molecule has 38 heavy (non-hydrogen) atoms. The molecule has 8 nitrogen and oxygen atoms in total. The van der Waals surface area contributed by atoms with Crippen molar-refractivity contribution in [2.75, 3.05) is 69.9 Å². The standard InChI is InChI=1S/C28H32ClFN6O2/c1-34-8-10-35(11-9-34)19-20-2-4-21(5-3-20)23-7-6-22(28(37)27(23)29)17-32-33-26-16-25(24(30)18-31-26)36-12-14-38-15-13-36/h2-7,16-18,37H,8-15,19H2,1H3,(H,31,33)/b32-17+. The van der Waals surface area contributed by atoms with Crippen molar-refractivity contribution in [2.24, 2.45) is 5.10 Å². The van der Waals surface area contributed by atoms with Crippen LogP contribution >= 0.6 is 11.6 Å². The van der Waals surface area contributed by atoms with E-state index in [2.05, 4.69) is 44.5 Å². The van der Waals surface area contributed by atoms with Gasteiger partial charge >= 0.3 is 0 Å². The third kappa shape index (κ3) is 6.24. The molecule has 2 aliphatic rings. The maximum Gasteiger partial charge on any atom is 0.164 e. The number of piperazine rings is 1. The highest BCUT2D eigenvalue weighted by Crippen LogP contribution is 2.37. The Balaban J connectivity index is 1.24. The number of nitrogens with one attached hydrogen (secondary N) is 1. The van der Waals surface area contributed by atoms with Crippen LogP contribution in [-0.2, 0) is 11.3 Å². The van der Waals surface area contributed by atoms with Crippen molar-refractivity contribution in [3.05, 3.63) is 70.6 Å². The smallest absolute Gasteiger partial charge is 0.164 e. The predicted molar refractivity (Wildman–Crippen MR) is 150 cm³/mol. The molecule has 0 atom stereocenters. The van der Waals surface area contributed by atoms with Crippen molar-refractivity contribution in [1.82, 2.24) is 14.8 Å². The summed E-state index contributed by atoms with van der Waals surface area (Å²) in [5.74, 6) is -0.0610. The largest absolute Gasteiger partial charge is 0.506 e. The zero-order chi connectivity index (χ0) is 26.5. The van der Waals surface area contributed by atoms with Crippen LogP contribution in [-0.4, -0.2) is 85.6 Å². The lowest BCUT2D eigenvalue weighted by Gasteiger charge is -2.32. The minimum atomic E-state index is -0.395. The summed E-state index contributed by atoms with van der Waals surface area (Å²) < 4.78 is 19.6. The second-order valence-electron chi connectivity index (χ2n) is 9.63. The number of rotatable bonds is 7. The highest BCUT2D eigenvalue weighted by Gasteiger charge is 2.17. The SMILES string of the molecule is CN1CCN(Cc2ccc(-c3ccc(/C=N/Nc4cc(N5CCOCC5)c(F)cn4)c(O)c3Cl)cc2)CC1. The van der Waals surface area contributed by atoms with Crippen LogP contribution in [0, 0.1) is 5.82 Å². The van der Waals surface area contributed by atoms with E-state index in [-0.39, 0.29) is 10.8 Å². The Labute approximate surface area is 227 Å². The maximum absolute atomic E-state index is 14.3. The van der Waals surface area contributed by atoms with Gasteiger partial charge in [-0.05, 0) is 24.2 Å². The number of pyridine rings is 1. The van der Waals surface area contributed by atoms with E-state index in [9.17, 15) is 9.50 Å². The van der Waals surface area contributed by atoms with Gasteiger partial charge in [0, 0.05) is 63.0 Å². The zero-order valence-electron chi connectivity index (χ0n) is 21.4. The van der Waals surface area contributed by atoms with Crippen molar-refractivity contribution in [2.45, 2.75) is 6.54 Å². The summed E-state index contributed by atoms with van der Waals surface area (Å²) >= 11 is 6.55. The predicted octanol–water partition coefficient (Wildman–Crippen LogP) is 4.28. The number of ether oxygens (including phenoxy) is 1. The lowest BCUT2D eigenvalue weighted by molar-refractivity contribution is 0.122. The van der Waals surface area contributed by atoms with Gasteiger partial charge in [-0.15, -0.1) is 0 Å². The summed E-state index contributed by atoms with van der Waals surface area (Å²) in [4.78, 5) is 10.8. The first-order valence-corrected chi connectivity index (χ1v) is 13.1. The summed E-state index contributed by atoms with van der Waals surface area (Å²) in [5, 5.41) is 15.2. The van der Waals surface area contributed by atoms with Crippen molar-refractivity contribution in [3.63, 3.8) is 0 Å². The molecule has 0 spiro atoms. The van der Waals surface area contributed by atoms with Gasteiger partial charge < -0.3 is 19.6 Å². The van der Waals surface area contributed by atoms with Crippen LogP contribution in [0.1, 0.15) is 11.1 Å². The van der Waals surface area contributed by atoms with Gasteiger partial charge in [0.05, 0.1) is 36.3 Å². The number of likely N-dealkylation sites (N-methyl/N-ethyl adjacent to an activating group) is 1. The molecule has 0 bridgehead atoms. The zero-order valence-corrected chi connectivity index (χ0v) is 22.2. The summed E-state index contributed by atoms with van der Waals surface area (Å²) in [5.41, 5.74) is 6.64. The van der Waals surface area contributed by atoms with E-state index in [4.69, 9.17) is 16.3 Å². The van der Waals surface area contributed by atoms with Gasteiger partial charge in [-0.1, -0.05) is 41.9 Å². The van der Waals surface area contributed by atoms with E-state index in [1.807, 2.05) is 23.1 Å². The van der Waals surface area contributed by atoms with Crippen molar-refractivity contribution in [3.8, 4) is 16.9 Å². The highest BCUT2D eigenvalue weighted by atomic mass is 35.5. The Morgan fingerprint density at radius 2 is 1.82 bits per heavy atom. The van der Waals surface area contributed by atoms with Crippen LogP contribution in [0.4, 0.5) is 15.9 Å². The molecule has 200 valence electrons. The average Bonchev–Trinajstić information content (AvgIpc) is 2.94. The van der Waals surface area contributed by atoms with E-state index in [1.165, 1.54) is 18.0 Å². The van der Waals surface area contributed by atoms with Crippen LogP contribution < -0.4 is 10.3 Å². The number of anilines is 2. The normalized spacial score (nSPS) is 17.3. The maximum atomic E-state index is 14.3. The van der Waals surface area contributed by atoms with Gasteiger partial charge in [0.1, 0.15) is 11.6 Å². The molecule has 0 saturated carbocycles. The molecule has 10 heteroatoms. The number of hydrogen-bond donors (Lipinski definition) is 2. The van der Waals surface area contributed by atoms with Gasteiger partial charge in [0.15, 0.2) is 5.82 Å². The molecule has 2 aromatic carbocycles. The molecular weight excluding hydrogens is 507 g/mol. The van der Waals surface area contributed by atoms with E-state index in [1.54, 1.807) is 12.1 Å². The molecule has 3 heterocycles. The van der Waals surface area contributed by atoms with Gasteiger partial charge in [-0.25, -0.2) is 9.37 Å². The Morgan fingerprint density at radius 3 is 2.55 bits per heavy atom. The van der Waals surface area contributed by atoms with Gasteiger partial charge in [-0.3, -0.25) is 10.3 Å². The summed E-state index contributed by atoms with van der Waals surface area (Å²) in [7, 11) is 2.16. The first kappa shape index (κ1) is 26.4. The number of nitrogens with zero attached hydrogens (tertiary/aromatic N) is 5. The number of phenolic OH excluding ortho intramolecular Hbond substituents is 1. The Kier molecular flexibility index (Phi) is 8.38. The third-order valence-corrected chi connectivity index (χ3v) is 7.37. The molecule has 0 amide bonds. The number of hydrazone groups is 1. The number of hydrogen-bond acceptors (Lipinski definition) is 8. The minimum absolute atomic E-state index is 0.0581. The van der Waals surface area contributed by atoms with Crippen LogP contribution in [0.15, 0.2) is 53.8 Å². The highest BCUT2D eigenvalue weighted by molar-refractivity contribution is 6.35. The Hall–Kier alpha value is -3.24. The number of phenols is 1. The van der Waals surface area contributed by atoms with Crippen LogP contribution in [0.5, 0.6) is 5.75 Å². The van der Waals surface area contributed by atoms with E-state index >= 15 is 0 Å². The number of halogens is 2. The van der Waals surface area contributed by atoms with Crippen molar-refractivity contribution in [1.29, 1.82) is 0 Å². The van der Waals surface area contributed by atoms with Gasteiger partial charge in [0.2, 0.25) is 0 Å². The van der Waals surface area contributed by atoms with Crippen molar-refractivity contribution >= 4 is 29.3 Å². The molecular formula is C28H32ClFN6O2. The topological polar surface area (TPSA) is 76.5 Å². The van der Waals surface area contributed by atoms with E-state index < -0.39 is 5.82 Å². The molecule has 0 radical (unpaired) electrons. The molecule has 2 aliphatic heterocycles. The number of benzene rings is 2. The monoisotopic (exact) mass is 538 g/mol. The molecule has 2 saturated heterocycles. The fourth-order valence-electron chi connectivity index (χ4n) is 4.66. The van der Waals surface area contributed by atoms with E-state index in [0.717, 1.165) is 43.9 Å². The molecule has 1 aromatic heterocycles. The van der Waals surface area contributed by atoms with Crippen LogP contribution in [0.2, 0.25) is 5.02 Å². The second-order valence-corrected chi connectivity index (χ2v) is 10.0. The molecule has 2 N–H and O–H groups in total. The Bertz CT molecular complexity index is 1280. The number of aromatic hydroxyl groups is 1. The lowest BCUT2D eigenvalue weighted by Crippen LogP contribution is -2.43. The summed E-state index contributed by atoms with van der Waals surface area (Å²) in [6.45, 7) is 7.58. The second kappa shape index (κ2) is 12.1. The molecule has 3 aromatic rings. The Morgan fingerprint density at radius 1 is 1.08 bits per heavy atom. The molecule has 0 unspecified atom stereocenters. The number of morpholine rings is 1. The average molecular weight is 539 g/mol. The fraction of sp³-hybridized carbons (Fsp3) is 0.357. The number of aromatic nitrogens is 1. The van der Waals surface area contributed by atoms with Gasteiger partial charge in [0.25, 0.3) is 0 Å². The quantitative estimate of drug-likeness (QED) is 0.343. The van der Waals surface area contributed by atoms with Crippen molar-refractivity contribution < 1.29 is 14.2 Å². The summed E-state index contributed by atoms with van der Waals surface area (Å²) in [6.07, 6.45) is 2.63. The first-order valence-electron chi connectivity index (χ1n) is 12.8. The minimum Gasteiger partial charge on any atom is -0.506 e. The first-order chi connectivity index (χ1) is 18.5.